The predicted molar refractivity (Wildman–Crippen MR) is 92.6 cm³/mol. The number of fused-ring (bicyclic) bond motifs is 1. The molecule has 2 aromatic rings. The minimum Gasteiger partial charge on any atom is -0.530 e. The Morgan fingerprint density at radius 2 is 1.23 bits per heavy atom. The van der Waals surface area contributed by atoms with E-state index >= 15 is 0 Å². The topological polar surface area (TPSA) is 70.0 Å². The van der Waals surface area contributed by atoms with Crippen molar-refractivity contribution in [3.63, 3.8) is 0 Å². The maximum absolute atomic E-state index is 6.09. The molecule has 0 spiro atoms. The van der Waals surface area contributed by atoms with Gasteiger partial charge in [0.25, 0.3) is 0 Å². The van der Waals surface area contributed by atoms with Crippen LogP contribution in [0.15, 0.2) is 0 Å². The van der Waals surface area contributed by atoms with Crippen LogP contribution < -0.4 is 8.85 Å². The molecule has 0 N–H and O–H groups in total. The van der Waals surface area contributed by atoms with Gasteiger partial charge < -0.3 is 8.85 Å². The van der Waals surface area contributed by atoms with Crippen LogP contribution in [0.5, 0.6) is 11.9 Å². The summed E-state index contributed by atoms with van der Waals surface area (Å²) in [5.74, 6) is 0.480. The van der Waals surface area contributed by atoms with E-state index in [0.29, 0.717) is 23.1 Å². The molecule has 120 valence electrons. The number of nitrogens with zero attached hydrogens (tertiary/aromatic N) is 4. The highest BCUT2D eigenvalue weighted by Crippen LogP contribution is 2.26. The Morgan fingerprint density at radius 3 is 1.77 bits per heavy atom. The summed E-state index contributed by atoms with van der Waals surface area (Å²) in [6.07, 6.45) is 0. The highest BCUT2D eigenvalue weighted by molar-refractivity contribution is 6.70. The third-order valence-corrected chi connectivity index (χ3v) is 4.29. The molecule has 0 saturated carbocycles. The van der Waals surface area contributed by atoms with E-state index in [1.165, 1.54) is 0 Å². The number of hydrogen-bond donors (Lipinski definition) is 0. The van der Waals surface area contributed by atoms with Crippen LogP contribution >= 0.6 is 0 Å². The normalized spacial score (nSPS) is 12.5. The second-order valence-corrected chi connectivity index (χ2v) is 16.2. The maximum atomic E-state index is 6.09. The minimum atomic E-state index is -1.83. The molecule has 0 unspecified atom stereocenters. The van der Waals surface area contributed by atoms with Gasteiger partial charge in [-0.1, -0.05) is 0 Å². The van der Waals surface area contributed by atoms with Crippen molar-refractivity contribution in [1.82, 2.24) is 19.9 Å². The van der Waals surface area contributed by atoms with Crippen LogP contribution in [-0.2, 0) is 0 Å². The standard InChI is InChI=1S/C14H24N4O2Si2/c1-9-10(2)16-12-11(15-9)13(19-21(3,4)5)18-14(17-12)20-22(6,7)8/h1-8H3. The van der Waals surface area contributed by atoms with Gasteiger partial charge in [-0.3, -0.25) is 0 Å². The fourth-order valence-electron chi connectivity index (χ4n) is 1.75. The Bertz CT molecular complexity index is 709. The molecule has 0 aliphatic carbocycles. The smallest absolute Gasteiger partial charge is 0.308 e. The Hall–Kier alpha value is -1.55. The summed E-state index contributed by atoms with van der Waals surface area (Å²) in [6, 6.07) is 0.331. The highest BCUT2D eigenvalue weighted by atomic mass is 28.4. The van der Waals surface area contributed by atoms with Crippen LogP contribution in [0, 0.1) is 13.8 Å². The number of hydrogen-bond acceptors (Lipinski definition) is 6. The fraction of sp³-hybridized carbons (Fsp3) is 0.571. The van der Waals surface area contributed by atoms with Crippen molar-refractivity contribution in [1.29, 1.82) is 0 Å². The molecule has 0 atom stereocenters. The molecule has 0 saturated heterocycles. The van der Waals surface area contributed by atoms with Crippen molar-refractivity contribution >= 4 is 27.8 Å². The van der Waals surface area contributed by atoms with Crippen LogP contribution in [0.3, 0.4) is 0 Å². The summed E-state index contributed by atoms with van der Waals surface area (Å²) in [7, 11) is -3.64. The number of rotatable bonds is 4. The maximum Gasteiger partial charge on any atom is 0.308 e. The van der Waals surface area contributed by atoms with Gasteiger partial charge in [0.15, 0.2) is 11.2 Å². The summed E-state index contributed by atoms with van der Waals surface area (Å²) < 4.78 is 12.0. The molecule has 2 heterocycles. The first-order chi connectivity index (χ1) is 9.94. The molecule has 8 heteroatoms. The minimum absolute atomic E-state index is 0.331. The molecule has 6 nitrogen and oxygen atoms in total. The van der Waals surface area contributed by atoms with E-state index in [4.69, 9.17) is 8.85 Å². The second kappa shape index (κ2) is 5.58. The molecule has 0 bridgehead atoms. The summed E-state index contributed by atoms with van der Waals surface area (Å²) in [5, 5.41) is 0. The number of aryl methyl sites for hydroxylation is 2. The van der Waals surface area contributed by atoms with Gasteiger partial charge in [-0.15, -0.1) is 0 Å². The first-order valence-electron chi connectivity index (χ1n) is 7.36. The molecular weight excluding hydrogens is 312 g/mol. The predicted octanol–water partition coefficient (Wildman–Crippen LogP) is 3.46. The molecule has 0 aliphatic heterocycles. The van der Waals surface area contributed by atoms with Crippen molar-refractivity contribution in [2.45, 2.75) is 53.1 Å². The first-order valence-corrected chi connectivity index (χ1v) is 14.2. The Morgan fingerprint density at radius 1 is 0.682 bits per heavy atom. The molecule has 0 amide bonds. The fourth-order valence-corrected chi connectivity index (χ4v) is 3.11. The molecule has 0 radical (unpaired) electrons. The summed E-state index contributed by atoms with van der Waals surface area (Å²) >= 11 is 0. The van der Waals surface area contributed by atoms with Gasteiger partial charge >= 0.3 is 6.01 Å². The van der Waals surface area contributed by atoms with Gasteiger partial charge in [0.05, 0.1) is 11.4 Å². The first kappa shape index (κ1) is 16.8. The van der Waals surface area contributed by atoms with E-state index in [2.05, 4.69) is 59.2 Å². The lowest BCUT2D eigenvalue weighted by Gasteiger charge is -2.21. The van der Waals surface area contributed by atoms with E-state index in [9.17, 15) is 0 Å². The van der Waals surface area contributed by atoms with E-state index < -0.39 is 16.6 Å². The third-order valence-electron chi connectivity index (χ3n) is 2.69. The van der Waals surface area contributed by atoms with Gasteiger partial charge in [0, 0.05) is 0 Å². The monoisotopic (exact) mass is 336 g/mol. The average Bonchev–Trinajstić information content (AvgIpc) is 2.27. The Labute approximate surface area is 133 Å². The van der Waals surface area contributed by atoms with E-state index in [1.54, 1.807) is 0 Å². The van der Waals surface area contributed by atoms with Gasteiger partial charge in [0.2, 0.25) is 22.5 Å². The lowest BCUT2D eigenvalue weighted by atomic mass is 10.3. The van der Waals surface area contributed by atoms with E-state index in [-0.39, 0.29) is 0 Å². The van der Waals surface area contributed by atoms with Crippen LogP contribution in [0.4, 0.5) is 0 Å². The van der Waals surface area contributed by atoms with Crippen LogP contribution in [0.2, 0.25) is 39.3 Å². The number of aromatic nitrogens is 4. The lowest BCUT2D eigenvalue weighted by molar-refractivity contribution is 0.481. The van der Waals surface area contributed by atoms with E-state index in [0.717, 1.165) is 11.4 Å². The van der Waals surface area contributed by atoms with Gasteiger partial charge in [-0.25, -0.2) is 9.97 Å². The van der Waals surface area contributed by atoms with Gasteiger partial charge in [-0.05, 0) is 53.1 Å². The zero-order valence-corrected chi connectivity index (χ0v) is 16.6. The molecule has 22 heavy (non-hydrogen) atoms. The summed E-state index contributed by atoms with van der Waals surface area (Å²) in [5.41, 5.74) is 2.84. The molecule has 0 fully saturated rings. The molecule has 2 rings (SSSR count). The van der Waals surface area contributed by atoms with E-state index in [1.807, 2.05) is 13.8 Å². The van der Waals surface area contributed by atoms with Crippen molar-refractivity contribution in [2.75, 3.05) is 0 Å². The second-order valence-electron chi connectivity index (χ2n) is 7.31. The van der Waals surface area contributed by atoms with Crippen molar-refractivity contribution in [3.8, 4) is 11.9 Å². The summed E-state index contributed by atoms with van der Waals surface area (Å²) in [6.45, 7) is 16.4. The summed E-state index contributed by atoms with van der Waals surface area (Å²) in [4.78, 5) is 17.9. The molecule has 0 aromatic carbocycles. The van der Waals surface area contributed by atoms with Crippen LogP contribution in [0.25, 0.3) is 11.2 Å². The highest BCUT2D eigenvalue weighted by Gasteiger charge is 2.24. The lowest BCUT2D eigenvalue weighted by Crippen LogP contribution is -2.32. The Kier molecular flexibility index (Phi) is 4.27. The third kappa shape index (κ3) is 4.23. The van der Waals surface area contributed by atoms with Crippen LogP contribution in [-0.4, -0.2) is 36.6 Å². The molecular formula is C14H24N4O2Si2. The van der Waals surface area contributed by atoms with Gasteiger partial charge in [0.1, 0.15) is 0 Å². The quantitative estimate of drug-likeness (QED) is 0.796. The zero-order valence-electron chi connectivity index (χ0n) is 14.6. The average molecular weight is 337 g/mol. The Balaban J connectivity index is 2.63. The van der Waals surface area contributed by atoms with Gasteiger partial charge in [-0.2, -0.15) is 9.97 Å². The molecule has 0 aliphatic rings. The van der Waals surface area contributed by atoms with Crippen LogP contribution in [0.1, 0.15) is 11.4 Å². The molecule has 2 aromatic heterocycles. The SMILES string of the molecule is Cc1nc2nc(O[Si](C)(C)C)nc(O[Si](C)(C)C)c2nc1C. The zero-order chi connectivity index (χ0) is 16.7. The van der Waals surface area contributed by atoms with Crippen molar-refractivity contribution in [2.24, 2.45) is 0 Å². The van der Waals surface area contributed by atoms with Crippen molar-refractivity contribution < 1.29 is 8.85 Å². The largest absolute Gasteiger partial charge is 0.530 e. The van der Waals surface area contributed by atoms with Crippen molar-refractivity contribution in [3.05, 3.63) is 11.4 Å².